The van der Waals surface area contributed by atoms with Crippen LogP contribution >= 0.6 is 0 Å². The summed E-state index contributed by atoms with van der Waals surface area (Å²) in [7, 11) is 0. The SMILES string of the molecule is CC(C)(C)NC(=O)c1c[nH]c2ncc(-c3nn(CC4CC4)c4ccc(OC(F)F)cc34)nc12. The van der Waals surface area contributed by atoms with Crippen LogP contribution in [0, 0.1) is 5.92 Å². The lowest BCUT2D eigenvalue weighted by molar-refractivity contribution is -0.0497. The van der Waals surface area contributed by atoms with E-state index in [1.165, 1.54) is 6.07 Å². The molecule has 172 valence electrons. The van der Waals surface area contributed by atoms with E-state index in [9.17, 15) is 13.6 Å². The highest BCUT2D eigenvalue weighted by Gasteiger charge is 2.25. The molecule has 2 N–H and O–H groups in total. The highest BCUT2D eigenvalue weighted by atomic mass is 19.3. The zero-order valence-corrected chi connectivity index (χ0v) is 18.5. The fraction of sp³-hybridized carbons (Fsp3) is 0.391. The van der Waals surface area contributed by atoms with Crippen LogP contribution in [0.25, 0.3) is 33.5 Å². The maximum Gasteiger partial charge on any atom is 0.387 e. The number of aromatic nitrogens is 5. The van der Waals surface area contributed by atoms with E-state index in [4.69, 9.17) is 5.10 Å². The van der Waals surface area contributed by atoms with Gasteiger partial charge in [-0.2, -0.15) is 13.9 Å². The fourth-order valence-electron chi connectivity index (χ4n) is 3.79. The summed E-state index contributed by atoms with van der Waals surface area (Å²) in [4.78, 5) is 24.9. The maximum atomic E-state index is 12.8. The summed E-state index contributed by atoms with van der Waals surface area (Å²) in [5.41, 5.74) is 2.60. The van der Waals surface area contributed by atoms with Gasteiger partial charge in [0.1, 0.15) is 22.7 Å². The van der Waals surface area contributed by atoms with Crippen molar-refractivity contribution in [1.29, 1.82) is 0 Å². The molecule has 1 amide bonds. The first-order chi connectivity index (χ1) is 15.7. The molecular weight excluding hydrogens is 430 g/mol. The molecule has 0 unspecified atom stereocenters. The van der Waals surface area contributed by atoms with Crippen molar-refractivity contribution >= 4 is 28.0 Å². The Morgan fingerprint density at radius 2 is 2.12 bits per heavy atom. The van der Waals surface area contributed by atoms with Gasteiger partial charge in [0.05, 0.1) is 17.3 Å². The first kappa shape index (κ1) is 21.3. The minimum atomic E-state index is -2.92. The van der Waals surface area contributed by atoms with Crippen LogP contribution in [-0.4, -0.2) is 42.8 Å². The molecule has 10 heteroatoms. The van der Waals surface area contributed by atoms with Crippen LogP contribution in [0.4, 0.5) is 8.78 Å². The van der Waals surface area contributed by atoms with Gasteiger partial charge in [-0.3, -0.25) is 9.48 Å². The largest absolute Gasteiger partial charge is 0.435 e. The van der Waals surface area contributed by atoms with Gasteiger partial charge in [-0.15, -0.1) is 0 Å². The number of hydrogen-bond acceptors (Lipinski definition) is 5. The van der Waals surface area contributed by atoms with E-state index >= 15 is 0 Å². The second kappa shape index (κ2) is 7.79. The van der Waals surface area contributed by atoms with Crippen molar-refractivity contribution in [2.75, 3.05) is 0 Å². The Balaban J connectivity index is 1.62. The van der Waals surface area contributed by atoms with Crippen LogP contribution in [0.5, 0.6) is 5.75 Å². The smallest absolute Gasteiger partial charge is 0.387 e. The molecular formula is C23H24F2N6O2. The number of hydrogen-bond donors (Lipinski definition) is 2. The van der Waals surface area contributed by atoms with E-state index in [0.717, 1.165) is 24.9 Å². The van der Waals surface area contributed by atoms with Crippen LogP contribution < -0.4 is 10.1 Å². The summed E-state index contributed by atoms with van der Waals surface area (Å²) < 4.78 is 32.1. The number of nitrogens with one attached hydrogen (secondary N) is 2. The number of carbonyl (C=O) groups excluding carboxylic acids is 1. The minimum absolute atomic E-state index is 0.0469. The number of alkyl halides is 2. The lowest BCUT2D eigenvalue weighted by atomic mass is 10.1. The second-order valence-electron chi connectivity index (χ2n) is 9.39. The third kappa shape index (κ3) is 4.37. The van der Waals surface area contributed by atoms with E-state index in [1.807, 2.05) is 25.5 Å². The molecule has 8 nitrogen and oxygen atoms in total. The molecule has 0 spiro atoms. The number of amides is 1. The third-order valence-corrected chi connectivity index (χ3v) is 5.43. The molecule has 0 radical (unpaired) electrons. The summed E-state index contributed by atoms with van der Waals surface area (Å²) in [5, 5.41) is 8.31. The van der Waals surface area contributed by atoms with Gasteiger partial charge in [0.15, 0.2) is 5.65 Å². The molecule has 3 aromatic heterocycles. The number of H-pyrrole nitrogens is 1. The summed E-state index contributed by atoms with van der Waals surface area (Å²) in [5.74, 6) is 0.339. The van der Waals surface area contributed by atoms with Crippen molar-refractivity contribution in [1.82, 2.24) is 30.0 Å². The average molecular weight is 454 g/mol. The Bertz CT molecular complexity index is 1350. The number of nitrogens with zero attached hydrogens (tertiary/aromatic N) is 4. The normalized spacial score (nSPS) is 14.4. The summed E-state index contributed by atoms with van der Waals surface area (Å²) in [6, 6.07) is 4.79. The zero-order valence-electron chi connectivity index (χ0n) is 18.5. The van der Waals surface area contributed by atoms with E-state index in [2.05, 4.69) is 25.0 Å². The number of fused-ring (bicyclic) bond motifs is 2. The van der Waals surface area contributed by atoms with Crippen molar-refractivity contribution in [2.24, 2.45) is 5.92 Å². The van der Waals surface area contributed by atoms with Crippen molar-refractivity contribution in [3.8, 4) is 17.1 Å². The summed E-state index contributed by atoms with van der Waals surface area (Å²) in [6.07, 6.45) is 5.43. The number of carbonyl (C=O) groups is 1. The lowest BCUT2D eigenvalue weighted by Crippen LogP contribution is -2.40. The summed E-state index contributed by atoms with van der Waals surface area (Å²) >= 11 is 0. The molecule has 5 rings (SSSR count). The molecule has 0 bridgehead atoms. The molecule has 1 aliphatic rings. The topological polar surface area (TPSA) is 97.7 Å². The van der Waals surface area contributed by atoms with Crippen LogP contribution in [-0.2, 0) is 6.54 Å². The number of ether oxygens (including phenoxy) is 1. The minimum Gasteiger partial charge on any atom is -0.435 e. The van der Waals surface area contributed by atoms with Crippen molar-refractivity contribution in [2.45, 2.75) is 52.3 Å². The van der Waals surface area contributed by atoms with E-state index in [0.29, 0.717) is 39.4 Å². The second-order valence-corrected chi connectivity index (χ2v) is 9.39. The molecule has 0 aliphatic heterocycles. The van der Waals surface area contributed by atoms with Crippen molar-refractivity contribution < 1.29 is 18.3 Å². The standard InChI is InChI=1S/C23H24F2N6O2/c1-23(2,3)29-21(32)15-9-26-20-19(15)28-16(10-27-20)18-14-8-13(33-22(24)25)6-7-17(14)31(30-18)11-12-4-5-12/h6-10,12,22H,4-5,11H2,1-3H3,(H,26,27)(H,29,32). The highest BCUT2D eigenvalue weighted by Crippen LogP contribution is 2.35. The van der Waals surface area contributed by atoms with Gasteiger partial charge in [-0.05, 0) is 57.7 Å². The van der Waals surface area contributed by atoms with E-state index < -0.39 is 12.2 Å². The molecule has 1 fully saturated rings. The lowest BCUT2D eigenvalue weighted by Gasteiger charge is -2.19. The zero-order chi connectivity index (χ0) is 23.3. The monoisotopic (exact) mass is 454 g/mol. The van der Waals surface area contributed by atoms with Gasteiger partial charge < -0.3 is 15.0 Å². The predicted molar refractivity (Wildman–Crippen MR) is 119 cm³/mol. The van der Waals surface area contributed by atoms with Gasteiger partial charge >= 0.3 is 6.61 Å². The van der Waals surface area contributed by atoms with Crippen LogP contribution in [0.1, 0.15) is 44.0 Å². The van der Waals surface area contributed by atoms with Crippen LogP contribution in [0.2, 0.25) is 0 Å². The number of aromatic amines is 1. The summed E-state index contributed by atoms with van der Waals surface area (Å²) in [6.45, 7) is 3.51. The highest BCUT2D eigenvalue weighted by molar-refractivity contribution is 6.05. The van der Waals surface area contributed by atoms with Gasteiger partial charge in [0, 0.05) is 23.7 Å². The van der Waals surface area contributed by atoms with Gasteiger partial charge in [-0.25, -0.2) is 9.97 Å². The molecule has 0 atom stereocenters. The van der Waals surface area contributed by atoms with Gasteiger partial charge in [0.25, 0.3) is 5.91 Å². The Morgan fingerprint density at radius 1 is 1.33 bits per heavy atom. The molecule has 1 aromatic carbocycles. The number of halogens is 2. The number of rotatable bonds is 6. The van der Waals surface area contributed by atoms with E-state index in [1.54, 1.807) is 24.5 Å². The molecule has 1 saturated carbocycles. The third-order valence-electron chi connectivity index (χ3n) is 5.43. The molecule has 3 heterocycles. The first-order valence-corrected chi connectivity index (χ1v) is 10.8. The predicted octanol–water partition coefficient (Wildman–Crippen LogP) is 4.51. The van der Waals surface area contributed by atoms with Gasteiger partial charge in [0.2, 0.25) is 0 Å². The van der Waals surface area contributed by atoms with Crippen molar-refractivity contribution in [3.63, 3.8) is 0 Å². The number of benzene rings is 1. The Hall–Kier alpha value is -3.56. The molecule has 0 saturated heterocycles. The quantitative estimate of drug-likeness (QED) is 0.447. The fourth-order valence-corrected chi connectivity index (χ4v) is 3.79. The van der Waals surface area contributed by atoms with E-state index in [-0.39, 0.29) is 11.7 Å². The van der Waals surface area contributed by atoms with Crippen LogP contribution in [0.3, 0.4) is 0 Å². The first-order valence-electron chi connectivity index (χ1n) is 10.8. The van der Waals surface area contributed by atoms with Crippen LogP contribution in [0.15, 0.2) is 30.6 Å². The van der Waals surface area contributed by atoms with Gasteiger partial charge in [-0.1, -0.05) is 0 Å². The Morgan fingerprint density at radius 3 is 2.82 bits per heavy atom. The maximum absolute atomic E-state index is 12.8. The Labute approximate surface area is 188 Å². The Kier molecular flexibility index (Phi) is 5.02. The molecule has 1 aliphatic carbocycles. The molecule has 4 aromatic rings. The van der Waals surface area contributed by atoms with Crippen molar-refractivity contribution in [3.05, 3.63) is 36.2 Å². The molecule has 33 heavy (non-hydrogen) atoms. The average Bonchev–Trinajstić information content (AvgIpc) is 3.33.